The van der Waals surface area contributed by atoms with Crippen LogP contribution in [0.1, 0.15) is 26.7 Å². The quantitative estimate of drug-likeness (QED) is 0.409. The fourth-order valence-electron chi connectivity index (χ4n) is 1.44. The van der Waals surface area contributed by atoms with E-state index in [0.717, 1.165) is 6.26 Å². The molecule has 0 unspecified atom stereocenters. The van der Waals surface area contributed by atoms with Gasteiger partial charge in [-0.1, -0.05) is 13.8 Å². The molecule has 0 bridgehead atoms. The molecule has 7 nitrogen and oxygen atoms in total. The highest BCUT2D eigenvalue weighted by atomic mass is 32.2. The molecule has 0 aliphatic heterocycles. The first kappa shape index (κ1) is 17.3. The fourth-order valence-corrected chi connectivity index (χ4v) is 4.62. The number of amidine groups is 1. The lowest BCUT2D eigenvalue weighted by Gasteiger charge is -2.31. The van der Waals surface area contributed by atoms with Crippen LogP contribution in [0.25, 0.3) is 0 Å². The third-order valence-corrected chi connectivity index (χ3v) is 5.44. The van der Waals surface area contributed by atoms with E-state index >= 15 is 0 Å². The molecule has 0 saturated heterocycles. The number of nitrogens with one attached hydrogen (secondary N) is 2. The summed E-state index contributed by atoms with van der Waals surface area (Å²) in [5.74, 6) is -1.25. The molecule has 0 aromatic carbocycles. The predicted molar refractivity (Wildman–Crippen MR) is 71.9 cm³/mol. The molecule has 0 amide bonds. The molecule has 0 atom stereocenters. The van der Waals surface area contributed by atoms with E-state index in [9.17, 15) is 16.8 Å². The molecule has 108 valence electrons. The van der Waals surface area contributed by atoms with Gasteiger partial charge in [0.05, 0.1) is 17.0 Å². The van der Waals surface area contributed by atoms with Crippen molar-refractivity contribution in [2.75, 3.05) is 17.8 Å². The van der Waals surface area contributed by atoms with Gasteiger partial charge in [0.1, 0.15) is 15.7 Å². The van der Waals surface area contributed by atoms with Crippen LogP contribution in [0, 0.1) is 5.41 Å². The van der Waals surface area contributed by atoms with Gasteiger partial charge >= 0.3 is 0 Å². The third-order valence-electron chi connectivity index (χ3n) is 2.80. The standard InChI is InChI=1S/C9H21N3O4S2/c1-4-9(5-2,8(10)11)12-18(15,16)7-6-17(3,13)14/h12H,4-7H2,1-3H3,(H3,10,11). The molecule has 0 heterocycles. The van der Waals surface area contributed by atoms with Gasteiger partial charge in [-0.25, -0.2) is 21.6 Å². The Kier molecular flexibility index (Phi) is 5.76. The maximum absolute atomic E-state index is 11.8. The summed E-state index contributed by atoms with van der Waals surface area (Å²) in [6.07, 6.45) is 1.63. The first-order valence-electron chi connectivity index (χ1n) is 5.52. The van der Waals surface area contributed by atoms with Crippen LogP contribution in [0.2, 0.25) is 0 Å². The van der Waals surface area contributed by atoms with Crippen LogP contribution in [0.4, 0.5) is 0 Å². The van der Waals surface area contributed by atoms with Crippen molar-refractivity contribution >= 4 is 25.7 Å². The average Bonchev–Trinajstić information content (AvgIpc) is 2.22. The van der Waals surface area contributed by atoms with Gasteiger partial charge < -0.3 is 5.73 Å². The van der Waals surface area contributed by atoms with Crippen molar-refractivity contribution in [1.29, 1.82) is 5.41 Å². The molecular weight excluding hydrogens is 278 g/mol. The molecule has 18 heavy (non-hydrogen) atoms. The molecule has 0 aliphatic rings. The summed E-state index contributed by atoms with van der Waals surface area (Å²) in [4.78, 5) is 0. The second kappa shape index (κ2) is 5.98. The Morgan fingerprint density at radius 3 is 1.89 bits per heavy atom. The molecule has 0 spiro atoms. The molecule has 9 heteroatoms. The van der Waals surface area contributed by atoms with Gasteiger partial charge in [0.15, 0.2) is 0 Å². The molecule has 0 aliphatic carbocycles. The Labute approximate surface area is 109 Å². The molecule has 0 aromatic rings. The van der Waals surface area contributed by atoms with Crippen LogP contribution >= 0.6 is 0 Å². The summed E-state index contributed by atoms with van der Waals surface area (Å²) in [6.45, 7) is 3.42. The Bertz CT molecular complexity index is 492. The lowest BCUT2D eigenvalue weighted by molar-refractivity contribution is 0.459. The van der Waals surface area contributed by atoms with E-state index in [1.807, 2.05) is 0 Å². The second-order valence-corrected chi connectivity index (χ2v) is 8.36. The Balaban J connectivity index is 5.00. The topological polar surface area (TPSA) is 130 Å². The van der Waals surface area contributed by atoms with Gasteiger partial charge in [0, 0.05) is 6.26 Å². The first-order valence-corrected chi connectivity index (χ1v) is 9.23. The zero-order valence-corrected chi connectivity index (χ0v) is 12.5. The minimum absolute atomic E-state index is 0.268. The van der Waals surface area contributed by atoms with Crippen molar-refractivity contribution in [2.45, 2.75) is 32.2 Å². The molecule has 0 radical (unpaired) electrons. The molecular formula is C9H21N3O4S2. The van der Waals surface area contributed by atoms with Gasteiger partial charge in [-0.15, -0.1) is 0 Å². The van der Waals surface area contributed by atoms with Crippen molar-refractivity contribution < 1.29 is 16.8 Å². The SMILES string of the molecule is CCC(CC)(NS(=O)(=O)CCS(C)(=O)=O)C(=N)N. The monoisotopic (exact) mass is 299 g/mol. The second-order valence-electron chi connectivity index (χ2n) is 4.25. The highest BCUT2D eigenvalue weighted by Crippen LogP contribution is 2.16. The minimum atomic E-state index is -3.79. The van der Waals surface area contributed by atoms with Gasteiger partial charge in [0.2, 0.25) is 10.0 Å². The molecule has 0 aromatic heterocycles. The van der Waals surface area contributed by atoms with E-state index in [4.69, 9.17) is 11.1 Å². The number of sulfonamides is 1. The van der Waals surface area contributed by atoms with Crippen LogP contribution in [0.15, 0.2) is 0 Å². The maximum atomic E-state index is 11.8. The smallest absolute Gasteiger partial charge is 0.213 e. The Hall–Kier alpha value is -0.670. The van der Waals surface area contributed by atoms with E-state index in [-0.39, 0.29) is 5.84 Å². The molecule has 4 N–H and O–H groups in total. The highest BCUT2D eigenvalue weighted by molar-refractivity contribution is 7.93. The summed E-state index contributed by atoms with van der Waals surface area (Å²) < 4.78 is 47.8. The number of hydrogen-bond donors (Lipinski definition) is 3. The summed E-state index contributed by atoms with van der Waals surface area (Å²) in [5.41, 5.74) is 4.29. The summed E-state index contributed by atoms with van der Waals surface area (Å²) in [5, 5.41) is 7.47. The lowest BCUT2D eigenvalue weighted by Crippen LogP contribution is -2.57. The van der Waals surface area contributed by atoms with Crippen molar-refractivity contribution in [3.63, 3.8) is 0 Å². The number of sulfone groups is 1. The fraction of sp³-hybridized carbons (Fsp3) is 0.889. The van der Waals surface area contributed by atoms with E-state index < -0.39 is 36.9 Å². The van der Waals surface area contributed by atoms with E-state index in [2.05, 4.69) is 4.72 Å². The van der Waals surface area contributed by atoms with Crippen molar-refractivity contribution in [2.24, 2.45) is 5.73 Å². The average molecular weight is 299 g/mol. The zero-order chi connectivity index (χ0) is 14.6. The van der Waals surface area contributed by atoms with Gasteiger partial charge in [-0.3, -0.25) is 5.41 Å². The van der Waals surface area contributed by atoms with Gasteiger partial charge in [-0.2, -0.15) is 0 Å². The third kappa shape index (κ3) is 5.32. The maximum Gasteiger partial charge on any atom is 0.213 e. The van der Waals surface area contributed by atoms with Crippen molar-refractivity contribution in [3.05, 3.63) is 0 Å². The van der Waals surface area contributed by atoms with Crippen LogP contribution in [0.5, 0.6) is 0 Å². The number of nitrogens with two attached hydrogens (primary N) is 1. The summed E-state index contributed by atoms with van der Waals surface area (Å²) in [6, 6.07) is 0. The number of rotatable bonds is 8. The zero-order valence-electron chi connectivity index (χ0n) is 10.9. The Morgan fingerprint density at radius 2 is 1.61 bits per heavy atom. The summed E-state index contributed by atoms with van der Waals surface area (Å²) in [7, 11) is -7.14. The first-order chi connectivity index (χ1) is 7.98. The van der Waals surface area contributed by atoms with Gasteiger partial charge in [-0.05, 0) is 12.8 Å². The van der Waals surface area contributed by atoms with Crippen molar-refractivity contribution in [3.8, 4) is 0 Å². The van der Waals surface area contributed by atoms with E-state index in [0.29, 0.717) is 12.8 Å². The largest absolute Gasteiger partial charge is 0.386 e. The Morgan fingerprint density at radius 1 is 1.17 bits per heavy atom. The van der Waals surface area contributed by atoms with Crippen LogP contribution < -0.4 is 10.5 Å². The van der Waals surface area contributed by atoms with Crippen LogP contribution in [0.3, 0.4) is 0 Å². The molecule has 0 rings (SSSR count). The van der Waals surface area contributed by atoms with Gasteiger partial charge in [0.25, 0.3) is 0 Å². The summed E-state index contributed by atoms with van der Waals surface area (Å²) >= 11 is 0. The van der Waals surface area contributed by atoms with Crippen LogP contribution in [-0.4, -0.2) is 46.0 Å². The number of hydrogen-bond acceptors (Lipinski definition) is 5. The predicted octanol–water partition coefficient (Wildman–Crippen LogP) is -0.555. The minimum Gasteiger partial charge on any atom is -0.386 e. The molecule has 0 fully saturated rings. The lowest BCUT2D eigenvalue weighted by atomic mass is 9.93. The van der Waals surface area contributed by atoms with E-state index in [1.165, 1.54) is 0 Å². The molecule has 0 saturated carbocycles. The van der Waals surface area contributed by atoms with Crippen LogP contribution in [-0.2, 0) is 19.9 Å². The van der Waals surface area contributed by atoms with Crippen molar-refractivity contribution in [1.82, 2.24) is 4.72 Å². The van der Waals surface area contributed by atoms with E-state index in [1.54, 1.807) is 13.8 Å². The highest BCUT2D eigenvalue weighted by Gasteiger charge is 2.34. The normalized spacial score (nSPS) is 13.5.